The third-order valence-corrected chi connectivity index (χ3v) is 8.05. The Morgan fingerprint density at radius 2 is 2.08 bits per heavy atom. The zero-order valence-corrected chi connectivity index (χ0v) is 22.1. The van der Waals surface area contributed by atoms with E-state index in [0.717, 1.165) is 0 Å². The average Bonchev–Trinajstić information content (AvgIpc) is 3.46. The van der Waals surface area contributed by atoms with Crippen LogP contribution in [0.3, 0.4) is 0 Å². The molecule has 1 aromatic carbocycles. The summed E-state index contributed by atoms with van der Waals surface area (Å²) in [5.41, 5.74) is 4.41. The molecule has 3 aromatic rings. The monoisotopic (exact) mass is 574 g/mol. The van der Waals surface area contributed by atoms with Crippen molar-refractivity contribution >= 4 is 25.1 Å². The zero-order chi connectivity index (χ0) is 28.5. The van der Waals surface area contributed by atoms with Gasteiger partial charge >= 0.3 is 19.4 Å². The van der Waals surface area contributed by atoms with E-state index in [4.69, 9.17) is 35.6 Å². The van der Waals surface area contributed by atoms with E-state index in [1.54, 1.807) is 30.3 Å². The van der Waals surface area contributed by atoms with Crippen molar-refractivity contribution in [3.63, 3.8) is 0 Å². The number of nitrogen functional groups attached to an aromatic ring is 1. The first-order valence-corrected chi connectivity index (χ1v) is 13.7. The number of carbonyl (C=O) groups is 1. The number of esters is 1. The summed E-state index contributed by atoms with van der Waals surface area (Å²) in [5, 5.41) is 28.4. The number of benzene rings is 1. The molecule has 2 fully saturated rings. The Hall–Kier alpha value is -3.61. The number of nitrogens with one attached hydrogen (secondary N) is 1. The molecule has 2 aliphatic heterocycles. The minimum absolute atomic E-state index is 0.144. The van der Waals surface area contributed by atoms with Crippen LogP contribution in [0, 0.1) is 6.57 Å². The average molecular weight is 574 g/mol. The summed E-state index contributed by atoms with van der Waals surface area (Å²) < 4.78 is 42.6. The van der Waals surface area contributed by atoms with E-state index >= 15 is 0 Å². The van der Waals surface area contributed by atoms with E-state index in [9.17, 15) is 19.6 Å². The Morgan fingerprint density at radius 3 is 2.75 bits per heavy atom. The second-order valence-electron chi connectivity index (χ2n) is 9.25. The van der Waals surface area contributed by atoms with Gasteiger partial charge in [0.1, 0.15) is 41.9 Å². The molecule has 0 radical (unpaired) electrons. The zero-order valence-electron chi connectivity index (χ0n) is 21.2. The molecule has 5 N–H and O–H groups in total. The highest BCUT2D eigenvalue weighted by atomic mass is 31.2. The number of aliphatic hydroxyl groups excluding tert-OH is 2. The smallest absolute Gasteiger partial charge is 0.456 e. The van der Waals surface area contributed by atoms with Crippen LogP contribution in [0.15, 0.2) is 48.8 Å². The van der Waals surface area contributed by atoms with Gasteiger partial charge in [0.2, 0.25) is 0 Å². The molecule has 0 spiro atoms. The van der Waals surface area contributed by atoms with Crippen molar-refractivity contribution in [2.45, 2.75) is 43.1 Å². The number of carbonyl (C=O) groups excluding carboxylic acids is 1. The minimum atomic E-state index is -4.41. The summed E-state index contributed by atoms with van der Waals surface area (Å²) in [6.07, 6.45) is -3.81. The first kappa shape index (κ1) is 27.9. The van der Waals surface area contributed by atoms with Crippen molar-refractivity contribution in [1.29, 1.82) is 0 Å². The van der Waals surface area contributed by atoms with Gasteiger partial charge in [-0.15, -0.1) is 0 Å². The molecule has 6 atom stereocenters. The van der Waals surface area contributed by atoms with E-state index in [1.807, 2.05) is 0 Å². The fourth-order valence-corrected chi connectivity index (χ4v) is 5.70. The predicted octanol–water partition coefficient (Wildman–Crippen LogP) is 0.844. The molecule has 2 saturated heterocycles. The molecular formula is C24H27N6O9P. The second-order valence-corrected chi connectivity index (χ2v) is 10.9. The number of para-hydroxylation sites is 1. The van der Waals surface area contributed by atoms with Crippen molar-refractivity contribution in [3.8, 4) is 5.75 Å². The van der Waals surface area contributed by atoms with Crippen LogP contribution in [0.4, 0.5) is 5.82 Å². The standard InChI is InChI=1S/C24H27N6O9P/c1-14(23(33)37-16-10-35-11-16)29-40(34,39-15-6-4-3-5-7-15)36-12-24(26-2)21(32)19(31)20(38-24)17-8-9-18-22(25)27-13-28-30(17)18/h3-9,13-14,16,19-21,31-32H,10-12H2,1H3,(H,29,34)(H2,25,27,28)/t14-,19-,20-,21-,24+,40+/m0/s1. The van der Waals surface area contributed by atoms with Gasteiger partial charge in [-0.05, 0) is 31.2 Å². The Labute approximate surface area is 228 Å². The van der Waals surface area contributed by atoms with Gasteiger partial charge in [0.25, 0.3) is 0 Å². The van der Waals surface area contributed by atoms with Gasteiger partial charge in [0, 0.05) is 0 Å². The molecule has 40 heavy (non-hydrogen) atoms. The van der Waals surface area contributed by atoms with E-state index < -0.39 is 56.5 Å². The van der Waals surface area contributed by atoms with Crippen molar-refractivity contribution in [2.75, 3.05) is 25.6 Å². The van der Waals surface area contributed by atoms with Crippen LogP contribution < -0.4 is 15.3 Å². The van der Waals surface area contributed by atoms with Crippen molar-refractivity contribution in [2.24, 2.45) is 0 Å². The SMILES string of the molecule is [C-]#[N+][C@]1(CO[P@](=O)(N[C@@H](C)C(=O)OC2COC2)Oc2ccccc2)O[C@@H](c2ccc3c(N)ncnn23)[C@H](O)[C@@H]1O. The molecule has 16 heteroatoms. The largest absolute Gasteiger partial charge is 0.459 e. The van der Waals surface area contributed by atoms with Gasteiger partial charge in [-0.3, -0.25) is 18.9 Å². The van der Waals surface area contributed by atoms with Crippen LogP contribution in [-0.4, -0.2) is 80.7 Å². The van der Waals surface area contributed by atoms with Crippen LogP contribution in [-0.2, 0) is 28.1 Å². The Bertz CT molecular complexity index is 1460. The summed E-state index contributed by atoms with van der Waals surface area (Å²) >= 11 is 0. The summed E-state index contributed by atoms with van der Waals surface area (Å²) in [6.45, 7) is 8.90. The Morgan fingerprint density at radius 1 is 1.32 bits per heavy atom. The highest BCUT2D eigenvalue weighted by Crippen LogP contribution is 2.49. The number of fused-ring (bicyclic) bond motifs is 1. The number of hydrogen-bond donors (Lipinski definition) is 4. The number of hydrogen-bond acceptors (Lipinski definition) is 12. The maximum absolute atomic E-state index is 13.9. The molecule has 0 amide bonds. The lowest BCUT2D eigenvalue weighted by Gasteiger charge is -2.28. The van der Waals surface area contributed by atoms with Crippen LogP contribution >= 0.6 is 7.75 Å². The highest BCUT2D eigenvalue weighted by Gasteiger charge is 2.62. The lowest BCUT2D eigenvalue weighted by Crippen LogP contribution is -2.45. The molecule has 4 heterocycles. The number of ether oxygens (including phenoxy) is 3. The number of nitrogens with zero attached hydrogens (tertiary/aromatic N) is 4. The van der Waals surface area contributed by atoms with Crippen molar-refractivity contribution in [3.05, 3.63) is 65.9 Å². The normalized spacial score (nSPS) is 26.9. The van der Waals surface area contributed by atoms with Gasteiger partial charge in [-0.25, -0.2) is 20.6 Å². The summed E-state index contributed by atoms with van der Waals surface area (Å²) in [5.74, 6) is -0.398. The molecular weight excluding hydrogens is 547 g/mol. The lowest BCUT2D eigenvalue weighted by atomic mass is 10.0. The van der Waals surface area contributed by atoms with Gasteiger partial charge in [0.15, 0.2) is 18.5 Å². The maximum Gasteiger partial charge on any atom is 0.459 e. The molecule has 5 rings (SSSR count). The van der Waals surface area contributed by atoms with Gasteiger partial charge < -0.3 is 29.9 Å². The minimum Gasteiger partial charge on any atom is -0.456 e. The first-order valence-electron chi connectivity index (χ1n) is 12.2. The summed E-state index contributed by atoms with van der Waals surface area (Å²) in [4.78, 5) is 19.8. The lowest BCUT2D eigenvalue weighted by molar-refractivity contribution is -0.173. The van der Waals surface area contributed by atoms with E-state index in [1.165, 1.54) is 29.9 Å². The molecule has 0 unspecified atom stereocenters. The first-order chi connectivity index (χ1) is 19.1. The third-order valence-electron chi connectivity index (χ3n) is 6.42. The molecule has 15 nitrogen and oxygen atoms in total. The second kappa shape index (κ2) is 11.1. The fraction of sp³-hybridized carbons (Fsp3) is 0.417. The number of nitrogens with two attached hydrogens (primary N) is 1. The predicted molar refractivity (Wildman–Crippen MR) is 136 cm³/mol. The Balaban J connectivity index is 1.37. The fourth-order valence-electron chi connectivity index (χ4n) is 4.19. The summed E-state index contributed by atoms with van der Waals surface area (Å²) in [6, 6.07) is 10.0. The molecule has 0 bridgehead atoms. The van der Waals surface area contributed by atoms with Gasteiger partial charge in [0.05, 0.1) is 18.9 Å². The number of aliphatic hydroxyl groups is 2. The maximum atomic E-state index is 13.9. The van der Waals surface area contributed by atoms with Crippen LogP contribution in [0.5, 0.6) is 5.75 Å². The Kier molecular flexibility index (Phi) is 7.76. The van der Waals surface area contributed by atoms with E-state index in [0.29, 0.717) is 11.2 Å². The molecule has 0 aliphatic carbocycles. The van der Waals surface area contributed by atoms with E-state index in [2.05, 4.69) is 20.0 Å². The van der Waals surface area contributed by atoms with Crippen LogP contribution in [0.1, 0.15) is 18.7 Å². The quantitative estimate of drug-likeness (QED) is 0.151. The number of aromatic nitrogens is 3. The van der Waals surface area contributed by atoms with Gasteiger partial charge in [-0.2, -0.15) is 10.2 Å². The van der Waals surface area contributed by atoms with Gasteiger partial charge in [-0.1, -0.05) is 18.2 Å². The molecule has 2 aliphatic rings. The molecule has 212 valence electrons. The molecule has 0 saturated carbocycles. The third kappa shape index (κ3) is 5.38. The van der Waals surface area contributed by atoms with Crippen LogP contribution in [0.2, 0.25) is 0 Å². The topological polar surface area (TPSA) is 193 Å². The van der Waals surface area contributed by atoms with E-state index in [-0.39, 0.29) is 24.8 Å². The number of rotatable bonds is 10. The summed E-state index contributed by atoms with van der Waals surface area (Å²) in [7, 11) is -4.41. The van der Waals surface area contributed by atoms with Crippen molar-refractivity contribution in [1.82, 2.24) is 19.7 Å². The van der Waals surface area contributed by atoms with Crippen molar-refractivity contribution < 1.29 is 42.8 Å². The highest BCUT2D eigenvalue weighted by molar-refractivity contribution is 7.52. The number of anilines is 1. The molecule has 2 aromatic heterocycles. The van der Waals surface area contributed by atoms with Crippen LogP contribution in [0.25, 0.3) is 10.4 Å².